The van der Waals surface area contributed by atoms with Gasteiger partial charge in [-0.25, -0.2) is 13.9 Å². The maximum Gasteiger partial charge on any atom is 0.475 e. The van der Waals surface area contributed by atoms with Crippen LogP contribution in [-0.2, 0) is 64.8 Å². The summed E-state index contributed by atoms with van der Waals surface area (Å²) >= 11 is 0. The Balaban J connectivity index is 5.09. The molecule has 2 N–H and O–H groups in total. The molecule has 0 rings (SSSR count). The van der Waals surface area contributed by atoms with Crippen molar-refractivity contribution >= 4 is 33.6 Å². The highest BCUT2D eigenvalue weighted by molar-refractivity contribution is 7.48. The number of carbonyl (C=O) groups is 3. The third-order valence-electron chi connectivity index (χ3n) is 13.9. The maximum absolute atomic E-state index is 13.6. The van der Waals surface area contributed by atoms with Crippen molar-refractivity contribution in [2.45, 2.75) is 270 Å². The number of ether oxygens (including phenoxy) is 4. The molecule has 0 saturated heterocycles. The first-order chi connectivity index (χ1) is 41.9. The number of esters is 2. The zero-order chi connectivity index (χ0) is 63.3. The third kappa shape index (κ3) is 52.4. The summed E-state index contributed by atoms with van der Waals surface area (Å²) in [7, 11) is -8.54. The second-order valence-electron chi connectivity index (χ2n) is 21.7. The Bertz CT molecular complexity index is 1760. The minimum Gasteiger partial charge on any atom is -0.462 e. The number of rotatable bonds is 66. The molecule has 0 aliphatic rings. The molecule has 25 heteroatoms. The first-order valence-electron chi connectivity index (χ1n) is 32.8. The summed E-state index contributed by atoms with van der Waals surface area (Å²) in [5.41, 5.74) is 18.6. The number of urea groups is 1. The standard InChI is InChI=1S/C61H116N8O15P2/c1-7-13-17-21-23-25-27-31-35-39-59(70)83-57(37-33-29-19-15-9-3)41-47-75-51-55(66-68-62)53-81-85(73,77-45-11-5)79-49-43-64-61(72)65-44-50-80-86(74,78-46-12-6)82-54-56(67-69-63)52-76-48-42-58(38-34-30-20-16-10-4)84-60(71)40-36-32-28-26-24-22-18-14-8-2/h11-12,55-58H,5-10,13-54H2,1-4H3,(H2,64,65,72)/t55?,56?,57-,58-,85?,86?/m1/s1. The molecule has 0 fully saturated rings. The molecule has 0 aromatic rings. The van der Waals surface area contributed by atoms with Crippen LogP contribution >= 0.6 is 15.6 Å². The lowest BCUT2D eigenvalue weighted by Crippen LogP contribution is -2.38. The van der Waals surface area contributed by atoms with Crippen LogP contribution in [0.15, 0.2) is 35.5 Å². The summed E-state index contributed by atoms with van der Waals surface area (Å²) in [4.78, 5) is 44.1. The summed E-state index contributed by atoms with van der Waals surface area (Å²) in [5, 5.41) is 12.5. The van der Waals surface area contributed by atoms with Gasteiger partial charge in [-0.2, -0.15) is 0 Å². The number of hydrogen-bond acceptors (Lipinski definition) is 17. The van der Waals surface area contributed by atoms with Crippen molar-refractivity contribution in [2.24, 2.45) is 10.2 Å². The Morgan fingerprint density at radius 1 is 0.442 bits per heavy atom. The van der Waals surface area contributed by atoms with Crippen LogP contribution in [0.5, 0.6) is 0 Å². The molecule has 0 saturated carbocycles. The van der Waals surface area contributed by atoms with E-state index in [1.165, 1.54) is 89.2 Å². The van der Waals surface area contributed by atoms with Gasteiger partial charge in [-0.1, -0.05) is 204 Å². The number of azide groups is 2. The SMILES string of the molecule is C=CCOP(=O)(OCCNC(=O)NCCOP(=O)(OCC=C)OCC(COCC[C@@H](CCCCCCC)OC(=O)CCCCCCCCCCC)N=[N+]=[N-])OCC(COCC[C@@H](CCCCCCC)OC(=O)CCCCCCCCCCC)N=[N+]=[N-]. The Morgan fingerprint density at radius 2 is 0.767 bits per heavy atom. The van der Waals surface area contributed by atoms with Gasteiger partial charge in [0.2, 0.25) is 0 Å². The molecule has 86 heavy (non-hydrogen) atoms. The summed E-state index contributed by atoms with van der Waals surface area (Å²) in [5.74, 6) is -0.404. The van der Waals surface area contributed by atoms with Gasteiger partial charge < -0.3 is 29.6 Å². The molecule has 0 aromatic heterocycles. The number of phosphoric ester groups is 2. The van der Waals surface area contributed by atoms with E-state index in [9.17, 15) is 34.6 Å². The van der Waals surface area contributed by atoms with E-state index >= 15 is 0 Å². The number of hydrogen-bond donors (Lipinski definition) is 2. The number of phosphoric acid groups is 2. The molecule has 0 aromatic carbocycles. The van der Waals surface area contributed by atoms with Crippen molar-refractivity contribution in [3.05, 3.63) is 46.2 Å². The van der Waals surface area contributed by atoms with Crippen LogP contribution in [0.1, 0.15) is 246 Å². The lowest BCUT2D eigenvalue weighted by Gasteiger charge is -2.21. The normalized spacial score (nSPS) is 14.1. The highest BCUT2D eigenvalue weighted by atomic mass is 31.2. The topological polar surface area (TPSA) is 299 Å². The number of amides is 2. The number of unbranched alkanes of at least 4 members (excludes halogenated alkanes) is 24. The van der Waals surface area contributed by atoms with Crippen molar-refractivity contribution in [3.8, 4) is 0 Å². The summed E-state index contributed by atoms with van der Waals surface area (Å²) < 4.78 is 83.3. The molecular formula is C61H116N8O15P2. The monoisotopic (exact) mass is 1260 g/mol. The van der Waals surface area contributed by atoms with Gasteiger partial charge >= 0.3 is 33.6 Å². The summed E-state index contributed by atoms with van der Waals surface area (Å²) in [6, 6.07) is -2.50. The molecule has 500 valence electrons. The maximum atomic E-state index is 13.6. The lowest BCUT2D eigenvalue weighted by atomic mass is 10.1. The van der Waals surface area contributed by atoms with Crippen molar-refractivity contribution in [1.29, 1.82) is 0 Å². The summed E-state index contributed by atoms with van der Waals surface area (Å²) in [6.45, 7) is 14.1. The van der Waals surface area contributed by atoms with Gasteiger partial charge in [0.15, 0.2) is 0 Å². The smallest absolute Gasteiger partial charge is 0.462 e. The zero-order valence-corrected chi connectivity index (χ0v) is 55.4. The quantitative estimate of drug-likeness (QED) is 0.0109. The molecule has 6 atom stereocenters. The van der Waals surface area contributed by atoms with Crippen LogP contribution in [0.4, 0.5) is 4.79 Å². The fraction of sp³-hybridized carbons (Fsp3) is 0.885. The van der Waals surface area contributed by atoms with Crippen molar-refractivity contribution in [2.75, 3.05) is 79.2 Å². The first kappa shape index (κ1) is 82.5. The van der Waals surface area contributed by atoms with Crippen molar-refractivity contribution in [3.63, 3.8) is 0 Å². The van der Waals surface area contributed by atoms with Gasteiger partial charge in [-0.3, -0.25) is 36.7 Å². The van der Waals surface area contributed by atoms with E-state index in [1.54, 1.807) is 0 Å². The second kappa shape index (κ2) is 60.4. The Kier molecular flexibility index (Phi) is 57.9. The molecule has 0 bridgehead atoms. The predicted molar refractivity (Wildman–Crippen MR) is 340 cm³/mol. The van der Waals surface area contributed by atoms with E-state index in [-0.39, 0.29) is 103 Å². The number of carbonyl (C=O) groups excluding carboxylic acids is 3. The van der Waals surface area contributed by atoms with Gasteiger partial charge in [0.05, 0.1) is 78.2 Å². The number of nitrogens with one attached hydrogen (secondary N) is 2. The van der Waals surface area contributed by atoms with Crippen molar-refractivity contribution < 1.29 is 69.6 Å². The molecule has 2 amide bonds. The van der Waals surface area contributed by atoms with E-state index < -0.39 is 33.8 Å². The Labute approximate surface area is 517 Å². The Morgan fingerprint density at radius 3 is 1.09 bits per heavy atom. The van der Waals surface area contributed by atoms with Gasteiger partial charge in [-0.15, -0.1) is 13.2 Å². The highest BCUT2D eigenvalue weighted by Crippen LogP contribution is 2.50. The van der Waals surface area contributed by atoms with Gasteiger partial charge in [0.25, 0.3) is 0 Å². The fourth-order valence-corrected chi connectivity index (χ4v) is 11.3. The average molecular weight is 1260 g/mol. The molecule has 0 aliphatic heterocycles. The minimum absolute atomic E-state index is 0.0822. The highest BCUT2D eigenvalue weighted by Gasteiger charge is 2.30. The van der Waals surface area contributed by atoms with Crippen LogP contribution < -0.4 is 10.6 Å². The molecular weight excluding hydrogens is 1150 g/mol. The van der Waals surface area contributed by atoms with E-state index in [0.29, 0.717) is 25.7 Å². The van der Waals surface area contributed by atoms with Gasteiger partial charge in [-0.05, 0) is 49.6 Å². The second-order valence-corrected chi connectivity index (χ2v) is 25.1. The third-order valence-corrected chi connectivity index (χ3v) is 16.7. The lowest BCUT2D eigenvalue weighted by molar-refractivity contribution is -0.151. The average Bonchev–Trinajstić information content (AvgIpc) is 3.68. The van der Waals surface area contributed by atoms with Crippen LogP contribution in [0, 0.1) is 0 Å². The molecule has 0 aliphatic carbocycles. The van der Waals surface area contributed by atoms with Crippen LogP contribution in [0.2, 0.25) is 0 Å². The molecule has 0 radical (unpaired) electrons. The molecule has 0 spiro atoms. The molecule has 23 nitrogen and oxygen atoms in total. The zero-order valence-electron chi connectivity index (χ0n) is 53.6. The minimum atomic E-state index is -4.27. The van der Waals surface area contributed by atoms with Crippen LogP contribution in [0.25, 0.3) is 20.9 Å². The van der Waals surface area contributed by atoms with Crippen molar-refractivity contribution in [1.82, 2.24) is 10.6 Å². The van der Waals surface area contributed by atoms with E-state index in [2.05, 4.69) is 71.5 Å². The van der Waals surface area contributed by atoms with E-state index in [4.69, 9.17) is 46.1 Å². The fourth-order valence-electron chi connectivity index (χ4n) is 8.94. The molecule has 4 unspecified atom stereocenters. The largest absolute Gasteiger partial charge is 0.475 e. The van der Waals surface area contributed by atoms with Gasteiger partial charge in [0, 0.05) is 48.6 Å². The first-order valence-corrected chi connectivity index (χ1v) is 35.7. The van der Waals surface area contributed by atoms with Gasteiger partial charge in [0.1, 0.15) is 12.2 Å². The summed E-state index contributed by atoms with van der Waals surface area (Å²) in [6.07, 6.45) is 36.9. The van der Waals surface area contributed by atoms with Crippen LogP contribution in [-0.4, -0.2) is 121 Å². The van der Waals surface area contributed by atoms with Crippen LogP contribution in [0.3, 0.4) is 0 Å². The van der Waals surface area contributed by atoms with E-state index in [0.717, 1.165) is 116 Å². The number of nitrogens with zero attached hydrogens (tertiary/aromatic N) is 6. The van der Waals surface area contributed by atoms with E-state index in [1.807, 2.05) is 0 Å². The predicted octanol–water partition coefficient (Wildman–Crippen LogP) is 17.5. The molecule has 0 heterocycles. The Hall–Kier alpha value is -3.55.